The molecule has 0 radical (unpaired) electrons. The predicted octanol–water partition coefficient (Wildman–Crippen LogP) is 1.87. The molecular weight excluding hydrogens is 146 g/mol. The predicted molar refractivity (Wildman–Crippen MR) is 49.4 cm³/mol. The lowest BCUT2D eigenvalue weighted by Crippen LogP contribution is -2.19. The van der Waals surface area contributed by atoms with Crippen LogP contribution in [-0.2, 0) is 4.74 Å². The van der Waals surface area contributed by atoms with Crippen LogP contribution in [-0.4, -0.2) is 37.9 Å². The van der Waals surface area contributed by atoms with Crippen LogP contribution in [0.1, 0.15) is 13.8 Å². The van der Waals surface area contributed by atoms with Crippen molar-refractivity contribution in [1.82, 2.24) is 4.90 Å². The fourth-order valence-electron chi connectivity index (χ4n) is 0.478. The van der Waals surface area contributed by atoms with Gasteiger partial charge in [0.25, 0.3) is 0 Å². The zero-order valence-electron chi connectivity index (χ0n) is 7.68. The van der Waals surface area contributed by atoms with Crippen molar-refractivity contribution >= 4 is 11.8 Å². The van der Waals surface area contributed by atoms with E-state index in [1.54, 1.807) is 18.9 Å². The molecule has 0 rings (SSSR count). The van der Waals surface area contributed by atoms with E-state index in [-0.39, 0.29) is 0 Å². The minimum Gasteiger partial charge on any atom is -0.369 e. The van der Waals surface area contributed by atoms with Gasteiger partial charge in [-0.15, -0.1) is 11.8 Å². The third kappa shape index (κ3) is 11.1. The molecule has 0 atom stereocenters. The van der Waals surface area contributed by atoms with Crippen molar-refractivity contribution in [3.8, 4) is 0 Å². The van der Waals surface area contributed by atoms with Crippen molar-refractivity contribution in [3.63, 3.8) is 0 Å². The van der Waals surface area contributed by atoms with E-state index in [1.165, 1.54) is 0 Å². The van der Waals surface area contributed by atoms with Crippen LogP contribution in [0, 0.1) is 0 Å². The molecule has 0 aliphatic carbocycles. The van der Waals surface area contributed by atoms with E-state index in [4.69, 9.17) is 4.74 Å². The lowest BCUT2D eigenvalue weighted by Gasteiger charge is -2.12. The van der Waals surface area contributed by atoms with E-state index in [2.05, 4.69) is 11.2 Å². The minimum absolute atomic E-state index is 0.723. The summed E-state index contributed by atoms with van der Waals surface area (Å²) in [4.78, 5) is 2.10. The molecule has 0 amide bonds. The Morgan fingerprint density at radius 2 is 1.90 bits per heavy atom. The molecular formula is C7H19NOS. The highest BCUT2D eigenvalue weighted by atomic mass is 32.2. The summed E-state index contributed by atoms with van der Waals surface area (Å²) in [5, 5.41) is 0. The van der Waals surface area contributed by atoms with Gasteiger partial charge in [0.1, 0.15) is 0 Å². The molecule has 64 valence electrons. The number of rotatable bonds is 4. The van der Waals surface area contributed by atoms with Crippen molar-refractivity contribution in [2.75, 3.05) is 33.0 Å². The summed E-state index contributed by atoms with van der Waals surface area (Å²) in [6.45, 7) is 4.72. The molecule has 0 spiro atoms. The smallest absolute Gasteiger partial charge is 0.0990 e. The fraction of sp³-hybridized carbons (Fsp3) is 1.00. The highest BCUT2D eigenvalue weighted by Crippen LogP contribution is 1.93. The number of hydrogen-bond donors (Lipinski definition) is 0. The van der Waals surface area contributed by atoms with Gasteiger partial charge in [-0.1, -0.05) is 13.8 Å². The molecule has 0 aromatic carbocycles. The second kappa shape index (κ2) is 12.0. The van der Waals surface area contributed by atoms with Gasteiger partial charge in [-0.2, -0.15) is 0 Å². The van der Waals surface area contributed by atoms with Crippen molar-refractivity contribution in [2.45, 2.75) is 13.8 Å². The molecule has 0 fully saturated rings. The van der Waals surface area contributed by atoms with Gasteiger partial charge >= 0.3 is 0 Å². The monoisotopic (exact) mass is 165 g/mol. The van der Waals surface area contributed by atoms with Crippen molar-refractivity contribution in [3.05, 3.63) is 0 Å². The van der Waals surface area contributed by atoms with E-state index >= 15 is 0 Å². The van der Waals surface area contributed by atoms with Crippen LogP contribution in [0.3, 0.4) is 0 Å². The summed E-state index contributed by atoms with van der Waals surface area (Å²) in [6, 6.07) is 0. The molecule has 0 N–H and O–H groups in total. The summed E-state index contributed by atoms with van der Waals surface area (Å²) >= 11 is 1.80. The van der Waals surface area contributed by atoms with Gasteiger partial charge in [0.05, 0.1) is 6.73 Å². The Kier molecular flexibility index (Phi) is 15.5. The largest absolute Gasteiger partial charge is 0.369 e. The van der Waals surface area contributed by atoms with Crippen LogP contribution in [0.4, 0.5) is 0 Å². The molecule has 0 heterocycles. The fourth-order valence-corrected chi connectivity index (χ4v) is 0.993. The number of ether oxygens (including phenoxy) is 1. The number of methoxy groups -OCH3 is 1. The van der Waals surface area contributed by atoms with Gasteiger partial charge < -0.3 is 4.74 Å². The van der Waals surface area contributed by atoms with Crippen LogP contribution in [0.15, 0.2) is 0 Å². The normalized spacial score (nSPS) is 9.00. The molecule has 0 saturated carbocycles. The molecule has 0 saturated heterocycles. The molecule has 0 aromatic rings. The maximum Gasteiger partial charge on any atom is 0.0990 e. The van der Waals surface area contributed by atoms with Crippen LogP contribution in [0.2, 0.25) is 0 Å². The summed E-state index contributed by atoms with van der Waals surface area (Å²) in [5.74, 6) is 1.04. The first-order chi connectivity index (χ1) is 4.81. The maximum absolute atomic E-state index is 4.87. The molecule has 0 aliphatic rings. The second-order valence-electron chi connectivity index (χ2n) is 1.69. The lowest BCUT2D eigenvalue weighted by molar-refractivity contribution is 0.0954. The molecule has 0 unspecified atom stereocenters. The Bertz CT molecular complexity index is 46.9. The maximum atomic E-state index is 4.87. The van der Waals surface area contributed by atoms with Crippen LogP contribution < -0.4 is 0 Å². The lowest BCUT2D eigenvalue weighted by atomic mass is 10.9. The Morgan fingerprint density at radius 3 is 2.20 bits per heavy atom. The topological polar surface area (TPSA) is 12.5 Å². The first-order valence-corrected chi connectivity index (χ1v) is 4.87. The Hall–Kier alpha value is 0.270. The first kappa shape index (κ1) is 12.9. The van der Waals surface area contributed by atoms with E-state index < -0.39 is 0 Å². The van der Waals surface area contributed by atoms with Gasteiger partial charge in [-0.05, 0) is 13.3 Å². The molecule has 2 nitrogen and oxygen atoms in total. The third-order valence-corrected chi connectivity index (χ3v) is 1.40. The standard InChI is InChI=1S/C5H13NOS.C2H6/c1-6(4-7-2)5-8-3;1-2/h4-5H2,1-3H3;1-2H3. The van der Waals surface area contributed by atoms with Gasteiger partial charge in [0, 0.05) is 13.0 Å². The highest BCUT2D eigenvalue weighted by molar-refractivity contribution is 7.98. The number of thioether (sulfide) groups is 1. The summed E-state index contributed by atoms with van der Waals surface area (Å²) in [6.07, 6.45) is 2.08. The molecule has 10 heavy (non-hydrogen) atoms. The van der Waals surface area contributed by atoms with E-state index in [0.29, 0.717) is 0 Å². The average Bonchev–Trinajstić information content (AvgIpc) is 1.93. The van der Waals surface area contributed by atoms with Crippen LogP contribution >= 0.6 is 11.8 Å². The first-order valence-electron chi connectivity index (χ1n) is 3.47. The van der Waals surface area contributed by atoms with E-state index in [1.807, 2.05) is 20.9 Å². The zero-order chi connectivity index (χ0) is 8.41. The molecule has 0 aromatic heterocycles. The van der Waals surface area contributed by atoms with Crippen molar-refractivity contribution in [1.29, 1.82) is 0 Å². The SMILES string of the molecule is CC.COCN(C)CSC. The Labute approximate surface area is 68.9 Å². The number of hydrogen-bond acceptors (Lipinski definition) is 3. The van der Waals surface area contributed by atoms with Gasteiger partial charge in [-0.3, -0.25) is 4.90 Å². The van der Waals surface area contributed by atoms with Crippen molar-refractivity contribution < 1.29 is 4.74 Å². The van der Waals surface area contributed by atoms with Gasteiger partial charge in [-0.25, -0.2) is 0 Å². The Morgan fingerprint density at radius 1 is 1.40 bits per heavy atom. The summed E-state index contributed by atoms with van der Waals surface area (Å²) in [5.41, 5.74) is 0. The zero-order valence-corrected chi connectivity index (χ0v) is 8.49. The third-order valence-electron chi connectivity index (χ3n) is 0.699. The van der Waals surface area contributed by atoms with E-state index in [9.17, 15) is 0 Å². The molecule has 3 heteroatoms. The van der Waals surface area contributed by atoms with E-state index in [0.717, 1.165) is 12.6 Å². The second-order valence-corrected chi connectivity index (χ2v) is 2.53. The Balaban J connectivity index is 0. The van der Waals surface area contributed by atoms with Crippen molar-refractivity contribution in [2.24, 2.45) is 0 Å². The van der Waals surface area contributed by atoms with Gasteiger partial charge in [0.15, 0.2) is 0 Å². The molecule has 0 aliphatic heterocycles. The van der Waals surface area contributed by atoms with Gasteiger partial charge in [0.2, 0.25) is 0 Å². The average molecular weight is 165 g/mol. The number of nitrogens with zero attached hydrogens (tertiary/aromatic N) is 1. The molecule has 0 bridgehead atoms. The summed E-state index contributed by atoms with van der Waals surface area (Å²) in [7, 11) is 3.73. The minimum atomic E-state index is 0.723. The van der Waals surface area contributed by atoms with Crippen LogP contribution in [0.5, 0.6) is 0 Å². The summed E-state index contributed by atoms with van der Waals surface area (Å²) < 4.78 is 4.87. The highest BCUT2D eigenvalue weighted by Gasteiger charge is 1.90. The quantitative estimate of drug-likeness (QED) is 0.590. The van der Waals surface area contributed by atoms with Crippen LogP contribution in [0.25, 0.3) is 0 Å².